The first-order valence-electron chi connectivity index (χ1n) is 6.95. The van der Waals surface area contributed by atoms with Crippen LogP contribution >= 0.6 is 0 Å². The van der Waals surface area contributed by atoms with Crippen LogP contribution in [-0.2, 0) is 0 Å². The van der Waals surface area contributed by atoms with Crippen molar-refractivity contribution in [2.75, 3.05) is 18.0 Å². The molecule has 1 aliphatic heterocycles. The zero-order valence-electron chi connectivity index (χ0n) is 11.8. The molecule has 0 amide bonds. The molecule has 0 bridgehead atoms. The van der Waals surface area contributed by atoms with E-state index in [9.17, 15) is 0 Å². The summed E-state index contributed by atoms with van der Waals surface area (Å²) in [4.78, 5) is 2.23. The number of aromatic nitrogens is 2. The summed E-state index contributed by atoms with van der Waals surface area (Å²) in [5.74, 6) is 1.47. The van der Waals surface area contributed by atoms with Crippen LogP contribution in [0.1, 0.15) is 52.5 Å². The second kappa shape index (κ2) is 5.69. The standard InChI is InChI=1S/C13H24N4O/c1-5-14-11(4)12-15-16-13(18-12)17-7-6-9(2)8-10(17)3/h9-11,14H,5-8H2,1-4H3. The largest absolute Gasteiger partial charge is 0.406 e. The molecule has 2 heterocycles. The number of anilines is 1. The minimum absolute atomic E-state index is 0.121. The second-order valence-electron chi connectivity index (χ2n) is 5.37. The summed E-state index contributed by atoms with van der Waals surface area (Å²) in [6, 6.07) is 1.28. The molecule has 0 radical (unpaired) electrons. The van der Waals surface area contributed by atoms with Gasteiger partial charge in [0.2, 0.25) is 5.89 Å². The van der Waals surface area contributed by atoms with Crippen molar-refractivity contribution in [2.45, 2.75) is 52.6 Å². The maximum Gasteiger partial charge on any atom is 0.318 e. The lowest BCUT2D eigenvalue weighted by molar-refractivity contribution is 0.347. The van der Waals surface area contributed by atoms with Crippen molar-refractivity contribution in [3.8, 4) is 0 Å². The molecule has 3 unspecified atom stereocenters. The summed E-state index contributed by atoms with van der Waals surface area (Å²) >= 11 is 0. The lowest BCUT2D eigenvalue weighted by Gasteiger charge is -2.34. The topological polar surface area (TPSA) is 54.2 Å². The summed E-state index contributed by atoms with van der Waals surface area (Å²) < 4.78 is 5.78. The highest BCUT2D eigenvalue weighted by molar-refractivity contribution is 5.27. The Hall–Kier alpha value is -1.10. The summed E-state index contributed by atoms with van der Waals surface area (Å²) in [6.45, 7) is 10.6. The normalized spacial score (nSPS) is 26.3. The van der Waals surface area contributed by atoms with Crippen LogP contribution in [0.4, 0.5) is 6.01 Å². The van der Waals surface area contributed by atoms with Gasteiger partial charge < -0.3 is 14.6 Å². The number of hydrogen-bond acceptors (Lipinski definition) is 5. The summed E-state index contributed by atoms with van der Waals surface area (Å²) in [5.41, 5.74) is 0. The van der Waals surface area contributed by atoms with E-state index in [1.54, 1.807) is 0 Å². The number of hydrogen-bond donors (Lipinski definition) is 1. The molecule has 2 rings (SSSR count). The average Bonchev–Trinajstić information content (AvgIpc) is 2.78. The number of nitrogens with zero attached hydrogens (tertiary/aromatic N) is 3. The van der Waals surface area contributed by atoms with E-state index in [4.69, 9.17) is 4.42 Å². The van der Waals surface area contributed by atoms with Crippen molar-refractivity contribution in [1.29, 1.82) is 0 Å². The Morgan fingerprint density at radius 3 is 2.89 bits per heavy atom. The van der Waals surface area contributed by atoms with Crippen molar-refractivity contribution in [2.24, 2.45) is 5.92 Å². The van der Waals surface area contributed by atoms with E-state index < -0.39 is 0 Å². The third-order valence-electron chi connectivity index (χ3n) is 3.69. The molecule has 5 heteroatoms. The Balaban J connectivity index is 2.05. The highest BCUT2D eigenvalue weighted by Gasteiger charge is 2.27. The minimum atomic E-state index is 0.121. The summed E-state index contributed by atoms with van der Waals surface area (Å²) in [6.07, 6.45) is 2.39. The first-order chi connectivity index (χ1) is 8.61. The molecule has 1 fully saturated rings. The van der Waals surface area contributed by atoms with Crippen molar-refractivity contribution in [3.63, 3.8) is 0 Å². The lowest BCUT2D eigenvalue weighted by atomic mass is 9.94. The number of rotatable bonds is 4. The van der Waals surface area contributed by atoms with E-state index in [1.807, 2.05) is 6.92 Å². The van der Waals surface area contributed by atoms with Crippen LogP contribution in [0.3, 0.4) is 0 Å². The SMILES string of the molecule is CCNC(C)c1nnc(N2CCC(C)CC2C)o1. The molecule has 1 aromatic rings. The Labute approximate surface area is 109 Å². The van der Waals surface area contributed by atoms with Gasteiger partial charge in [0.15, 0.2) is 0 Å². The van der Waals surface area contributed by atoms with Gasteiger partial charge in [0.05, 0.1) is 6.04 Å². The maximum absolute atomic E-state index is 5.78. The van der Waals surface area contributed by atoms with Gasteiger partial charge in [-0.3, -0.25) is 0 Å². The zero-order chi connectivity index (χ0) is 13.1. The molecular weight excluding hydrogens is 228 g/mol. The first-order valence-corrected chi connectivity index (χ1v) is 6.95. The summed E-state index contributed by atoms with van der Waals surface area (Å²) in [5, 5.41) is 11.6. The number of nitrogens with one attached hydrogen (secondary N) is 1. The van der Waals surface area contributed by atoms with Crippen LogP contribution in [0.5, 0.6) is 0 Å². The molecular formula is C13H24N4O. The van der Waals surface area contributed by atoms with Gasteiger partial charge in [-0.2, -0.15) is 0 Å². The molecule has 0 saturated carbocycles. The van der Waals surface area contributed by atoms with Gasteiger partial charge in [-0.1, -0.05) is 18.9 Å². The molecule has 1 aliphatic rings. The lowest BCUT2D eigenvalue weighted by Crippen LogP contribution is -2.40. The molecule has 1 saturated heterocycles. The highest BCUT2D eigenvalue weighted by atomic mass is 16.4. The Kier molecular flexibility index (Phi) is 4.22. The quantitative estimate of drug-likeness (QED) is 0.891. The third kappa shape index (κ3) is 2.83. The van der Waals surface area contributed by atoms with Crippen molar-refractivity contribution in [3.05, 3.63) is 5.89 Å². The second-order valence-corrected chi connectivity index (χ2v) is 5.37. The Morgan fingerprint density at radius 2 is 2.22 bits per heavy atom. The monoisotopic (exact) mass is 252 g/mol. The third-order valence-corrected chi connectivity index (χ3v) is 3.69. The fourth-order valence-corrected chi connectivity index (χ4v) is 2.60. The van der Waals surface area contributed by atoms with Gasteiger partial charge in [0, 0.05) is 12.6 Å². The van der Waals surface area contributed by atoms with E-state index in [2.05, 4.69) is 41.2 Å². The molecule has 3 atom stereocenters. The van der Waals surface area contributed by atoms with Crippen LogP contribution in [0, 0.1) is 5.92 Å². The van der Waals surface area contributed by atoms with Crippen LogP contribution in [-0.4, -0.2) is 29.3 Å². The smallest absolute Gasteiger partial charge is 0.318 e. The highest BCUT2D eigenvalue weighted by Crippen LogP contribution is 2.27. The van der Waals surface area contributed by atoms with Gasteiger partial charge in [0.25, 0.3) is 0 Å². The van der Waals surface area contributed by atoms with Gasteiger partial charge in [0.1, 0.15) is 0 Å². The Bertz CT molecular complexity index is 379. The maximum atomic E-state index is 5.78. The fraction of sp³-hybridized carbons (Fsp3) is 0.846. The molecule has 102 valence electrons. The van der Waals surface area contributed by atoms with E-state index in [0.717, 1.165) is 19.0 Å². The average molecular weight is 252 g/mol. The van der Waals surface area contributed by atoms with Crippen LogP contribution in [0.15, 0.2) is 4.42 Å². The molecule has 0 aliphatic carbocycles. The van der Waals surface area contributed by atoms with Crippen molar-refractivity contribution in [1.82, 2.24) is 15.5 Å². The van der Waals surface area contributed by atoms with Gasteiger partial charge in [-0.05, 0) is 39.2 Å². The van der Waals surface area contributed by atoms with Crippen LogP contribution in [0.25, 0.3) is 0 Å². The fourth-order valence-electron chi connectivity index (χ4n) is 2.60. The van der Waals surface area contributed by atoms with E-state index >= 15 is 0 Å². The van der Waals surface area contributed by atoms with Crippen LogP contribution < -0.4 is 10.2 Å². The predicted octanol–water partition coefficient (Wildman–Crippen LogP) is 2.36. The van der Waals surface area contributed by atoms with Crippen LogP contribution in [0.2, 0.25) is 0 Å². The van der Waals surface area contributed by atoms with Crippen molar-refractivity contribution >= 4 is 6.01 Å². The van der Waals surface area contributed by atoms with Gasteiger partial charge >= 0.3 is 6.01 Å². The van der Waals surface area contributed by atoms with Crippen molar-refractivity contribution < 1.29 is 4.42 Å². The van der Waals surface area contributed by atoms with Gasteiger partial charge in [-0.25, -0.2) is 0 Å². The predicted molar refractivity (Wildman–Crippen MR) is 71.6 cm³/mol. The van der Waals surface area contributed by atoms with Gasteiger partial charge in [-0.15, -0.1) is 5.10 Å². The molecule has 0 spiro atoms. The summed E-state index contributed by atoms with van der Waals surface area (Å²) in [7, 11) is 0. The first kappa shape index (κ1) is 13.3. The number of piperidine rings is 1. The molecule has 5 nitrogen and oxygen atoms in total. The molecule has 1 N–H and O–H groups in total. The Morgan fingerprint density at radius 1 is 1.44 bits per heavy atom. The molecule has 0 aromatic carbocycles. The molecule has 1 aromatic heterocycles. The van der Waals surface area contributed by atoms with E-state index in [1.165, 1.54) is 12.8 Å². The van der Waals surface area contributed by atoms with E-state index in [-0.39, 0.29) is 6.04 Å². The minimum Gasteiger partial charge on any atom is -0.406 e. The zero-order valence-corrected chi connectivity index (χ0v) is 11.8. The molecule has 18 heavy (non-hydrogen) atoms. The van der Waals surface area contributed by atoms with E-state index in [0.29, 0.717) is 17.9 Å².